The highest BCUT2D eigenvalue weighted by atomic mass is 16.3. The van der Waals surface area contributed by atoms with Gasteiger partial charge in [-0.1, -0.05) is 115 Å². The van der Waals surface area contributed by atoms with E-state index in [-0.39, 0.29) is 0 Å². The molecule has 3 heterocycles. The average molecular weight is 625 g/mol. The van der Waals surface area contributed by atoms with Gasteiger partial charge in [0.15, 0.2) is 5.58 Å². The zero-order chi connectivity index (χ0) is 32.1. The first-order valence-electron chi connectivity index (χ1n) is 16.8. The lowest BCUT2D eigenvalue weighted by molar-refractivity contribution is 0.666. The molecule has 8 aromatic carbocycles. The molecule has 0 saturated carbocycles. The number of hydrogen-bond acceptors (Lipinski definition) is 1. The summed E-state index contributed by atoms with van der Waals surface area (Å²) < 4.78 is 11.3. The zero-order valence-corrected chi connectivity index (χ0v) is 26.5. The third-order valence-corrected chi connectivity index (χ3v) is 10.3. The van der Waals surface area contributed by atoms with Gasteiger partial charge in [0.25, 0.3) is 0 Å². The van der Waals surface area contributed by atoms with Crippen LogP contribution in [0.4, 0.5) is 0 Å². The summed E-state index contributed by atoms with van der Waals surface area (Å²) in [5, 5.41) is 9.73. The summed E-state index contributed by atoms with van der Waals surface area (Å²) >= 11 is 0. The number of furan rings is 1. The van der Waals surface area contributed by atoms with Crippen LogP contribution in [0.5, 0.6) is 0 Å². The van der Waals surface area contributed by atoms with E-state index in [0.717, 1.165) is 38.7 Å². The van der Waals surface area contributed by atoms with Crippen molar-refractivity contribution in [2.75, 3.05) is 0 Å². The molecule has 11 aromatic rings. The van der Waals surface area contributed by atoms with Crippen LogP contribution < -0.4 is 0 Å². The van der Waals surface area contributed by atoms with E-state index < -0.39 is 0 Å². The van der Waals surface area contributed by atoms with Gasteiger partial charge in [0, 0.05) is 43.4 Å². The van der Waals surface area contributed by atoms with Crippen molar-refractivity contribution in [1.29, 1.82) is 0 Å². The topological polar surface area (TPSA) is 23.0 Å². The average Bonchev–Trinajstić information content (AvgIpc) is 3.82. The Morgan fingerprint density at radius 3 is 1.84 bits per heavy atom. The maximum atomic E-state index is 6.51. The number of nitrogens with zero attached hydrogens (tertiary/aromatic N) is 2. The molecule has 3 aromatic heterocycles. The fourth-order valence-corrected chi connectivity index (χ4v) is 8.13. The minimum absolute atomic E-state index is 0.906. The van der Waals surface area contributed by atoms with E-state index in [0.29, 0.717) is 0 Å². The van der Waals surface area contributed by atoms with Gasteiger partial charge in [-0.25, -0.2) is 0 Å². The van der Waals surface area contributed by atoms with Gasteiger partial charge in [0.2, 0.25) is 0 Å². The van der Waals surface area contributed by atoms with E-state index in [1.54, 1.807) is 0 Å². The molecule has 0 N–H and O–H groups in total. The van der Waals surface area contributed by atoms with Gasteiger partial charge in [0.05, 0.1) is 27.8 Å². The van der Waals surface area contributed by atoms with E-state index in [4.69, 9.17) is 4.42 Å². The van der Waals surface area contributed by atoms with Crippen molar-refractivity contribution in [3.05, 3.63) is 170 Å². The Morgan fingerprint density at radius 2 is 1.00 bits per heavy atom. The van der Waals surface area contributed by atoms with Crippen LogP contribution in [-0.4, -0.2) is 9.13 Å². The van der Waals surface area contributed by atoms with Crippen molar-refractivity contribution >= 4 is 76.3 Å². The van der Waals surface area contributed by atoms with Gasteiger partial charge in [-0.3, -0.25) is 0 Å². The number of rotatable bonds is 3. The molecule has 228 valence electrons. The van der Waals surface area contributed by atoms with Crippen LogP contribution in [0.3, 0.4) is 0 Å². The third-order valence-electron chi connectivity index (χ3n) is 10.3. The first-order chi connectivity index (χ1) is 24.3. The van der Waals surface area contributed by atoms with Crippen LogP contribution in [-0.2, 0) is 0 Å². The van der Waals surface area contributed by atoms with Crippen molar-refractivity contribution in [1.82, 2.24) is 9.13 Å². The highest BCUT2D eigenvalue weighted by Gasteiger charge is 2.19. The van der Waals surface area contributed by atoms with Crippen molar-refractivity contribution < 1.29 is 4.42 Å². The molecular formula is C46H28N2O. The molecule has 11 rings (SSSR count). The molecule has 0 spiro atoms. The molecule has 0 unspecified atom stereocenters. The highest BCUT2D eigenvalue weighted by Crippen LogP contribution is 2.41. The summed E-state index contributed by atoms with van der Waals surface area (Å²) in [6, 6.07) is 61.3. The van der Waals surface area contributed by atoms with Crippen molar-refractivity contribution in [3.63, 3.8) is 0 Å². The highest BCUT2D eigenvalue weighted by molar-refractivity contribution is 6.19. The first kappa shape index (κ1) is 26.5. The van der Waals surface area contributed by atoms with E-state index in [9.17, 15) is 0 Å². The molecule has 0 atom stereocenters. The van der Waals surface area contributed by atoms with E-state index in [1.807, 2.05) is 12.1 Å². The van der Waals surface area contributed by atoms with E-state index in [1.165, 1.54) is 60.2 Å². The number of benzene rings is 8. The quantitative estimate of drug-likeness (QED) is 0.192. The second-order valence-corrected chi connectivity index (χ2v) is 12.9. The fourth-order valence-electron chi connectivity index (χ4n) is 8.13. The summed E-state index contributed by atoms with van der Waals surface area (Å²) in [5.74, 6) is 0. The van der Waals surface area contributed by atoms with Crippen molar-refractivity contribution in [3.8, 4) is 22.5 Å². The molecule has 0 aliphatic rings. The van der Waals surface area contributed by atoms with E-state index in [2.05, 4.69) is 167 Å². The number of hydrogen-bond donors (Lipinski definition) is 0. The Balaban J connectivity index is 1.15. The van der Waals surface area contributed by atoms with E-state index >= 15 is 0 Å². The van der Waals surface area contributed by atoms with Crippen molar-refractivity contribution in [2.45, 2.75) is 0 Å². The molecule has 49 heavy (non-hydrogen) atoms. The maximum absolute atomic E-state index is 6.51. The van der Waals surface area contributed by atoms with Gasteiger partial charge in [-0.2, -0.15) is 0 Å². The SMILES string of the molecule is c1ccc(-n2c3ccc(-c4ccc5c(c4)c4ccccc4n5-c4cccc5c4oc4ccccc45)cc3c3ccc4ccccc4c32)cc1. The van der Waals surface area contributed by atoms with Gasteiger partial charge >= 0.3 is 0 Å². The molecule has 0 bridgehead atoms. The zero-order valence-electron chi connectivity index (χ0n) is 26.5. The standard InChI is InChI=1S/C46H28N2O/c1-2-12-32(13-3-1)47-41-25-22-31(28-39(41)36-24-21-29-11-4-5-14-33(29)45(36)47)30-23-26-42-38(27-30)34-15-6-8-18-40(34)48(42)43-19-10-17-37-35-16-7-9-20-44(35)49-46(37)43/h1-28H. The van der Waals surface area contributed by atoms with Crippen LogP contribution >= 0.6 is 0 Å². The molecule has 0 aliphatic heterocycles. The van der Waals surface area contributed by atoms with Crippen LogP contribution in [0.15, 0.2) is 174 Å². The lowest BCUT2D eigenvalue weighted by Gasteiger charge is -2.10. The van der Waals surface area contributed by atoms with Crippen molar-refractivity contribution in [2.24, 2.45) is 0 Å². The second kappa shape index (κ2) is 9.96. The second-order valence-electron chi connectivity index (χ2n) is 12.9. The Morgan fingerprint density at radius 1 is 0.367 bits per heavy atom. The fraction of sp³-hybridized carbons (Fsp3) is 0. The monoisotopic (exact) mass is 624 g/mol. The summed E-state index contributed by atoms with van der Waals surface area (Å²) in [5.41, 5.74) is 11.2. The summed E-state index contributed by atoms with van der Waals surface area (Å²) in [7, 11) is 0. The molecule has 0 radical (unpaired) electrons. The van der Waals surface area contributed by atoms with Gasteiger partial charge in [0.1, 0.15) is 5.58 Å². The summed E-state index contributed by atoms with van der Waals surface area (Å²) in [4.78, 5) is 0. The molecule has 0 amide bonds. The van der Waals surface area contributed by atoms with Crippen LogP contribution in [0, 0.1) is 0 Å². The number of para-hydroxylation sites is 4. The van der Waals surface area contributed by atoms with Crippen LogP contribution in [0.1, 0.15) is 0 Å². The Kier molecular flexibility index (Phi) is 5.38. The van der Waals surface area contributed by atoms with Gasteiger partial charge in [-0.05, 0) is 71.1 Å². The number of aromatic nitrogens is 2. The lowest BCUT2D eigenvalue weighted by Crippen LogP contribution is -1.94. The molecular weight excluding hydrogens is 597 g/mol. The molecule has 3 nitrogen and oxygen atoms in total. The molecule has 3 heteroatoms. The predicted molar refractivity (Wildman–Crippen MR) is 205 cm³/mol. The summed E-state index contributed by atoms with van der Waals surface area (Å²) in [6.07, 6.45) is 0. The maximum Gasteiger partial charge on any atom is 0.159 e. The van der Waals surface area contributed by atoms with Crippen LogP contribution in [0.2, 0.25) is 0 Å². The minimum Gasteiger partial charge on any atom is -0.454 e. The Hall–Kier alpha value is -6.58. The number of fused-ring (bicyclic) bond motifs is 11. The summed E-state index contributed by atoms with van der Waals surface area (Å²) in [6.45, 7) is 0. The normalized spacial score (nSPS) is 12.1. The Bertz CT molecular complexity index is 3100. The van der Waals surface area contributed by atoms with Crippen LogP contribution in [0.25, 0.3) is 98.8 Å². The molecule has 0 saturated heterocycles. The van der Waals surface area contributed by atoms with Gasteiger partial charge < -0.3 is 13.6 Å². The smallest absolute Gasteiger partial charge is 0.159 e. The largest absolute Gasteiger partial charge is 0.454 e. The minimum atomic E-state index is 0.906. The molecule has 0 aliphatic carbocycles. The lowest BCUT2D eigenvalue weighted by atomic mass is 10.00. The Labute approximate surface area is 281 Å². The predicted octanol–water partition coefficient (Wildman–Crippen LogP) is 12.6. The van der Waals surface area contributed by atoms with Gasteiger partial charge in [-0.15, -0.1) is 0 Å². The molecule has 0 fully saturated rings. The first-order valence-corrected chi connectivity index (χ1v) is 16.8. The third kappa shape index (κ3) is 3.73.